The molecule has 13 nitrogen and oxygen atoms in total. The third-order valence-corrected chi connectivity index (χ3v) is 6.99. The van der Waals surface area contributed by atoms with E-state index < -0.39 is 24.1 Å². The monoisotopic (exact) mass is 645 g/mol. The molecule has 0 unspecified atom stereocenters. The van der Waals surface area contributed by atoms with Crippen molar-refractivity contribution in [3.63, 3.8) is 0 Å². The van der Waals surface area contributed by atoms with Gasteiger partial charge in [0.2, 0.25) is 5.78 Å². The Morgan fingerprint density at radius 2 is 1.09 bits per heavy atom. The van der Waals surface area contributed by atoms with Crippen LogP contribution in [0.1, 0.15) is 29.9 Å². The summed E-state index contributed by atoms with van der Waals surface area (Å²) < 4.78 is 37.6. The molecule has 46 heavy (non-hydrogen) atoms. The standard InChI is InChI=1S/C33H43NO12/c1-34(33(39)46-24-29-27-8-4-2-6-25(27)26-7-3-5-9-28(26)29)12-13-40-14-15-41-16-17-42-18-19-43-20-21-44-22-23-45-31(36)11-10-30(35)32(37)38/h2-9,29H,10-24H2,1H3,(H,37,38). The molecule has 2 aromatic rings. The summed E-state index contributed by atoms with van der Waals surface area (Å²) in [7, 11) is 1.69. The summed E-state index contributed by atoms with van der Waals surface area (Å²) in [5, 5.41) is 8.45. The van der Waals surface area contributed by atoms with E-state index in [1.54, 1.807) is 7.05 Å². The number of ketones is 1. The van der Waals surface area contributed by atoms with Crippen LogP contribution >= 0.6 is 0 Å². The second kappa shape index (κ2) is 21.0. The maximum absolute atomic E-state index is 12.6. The average molecular weight is 646 g/mol. The van der Waals surface area contributed by atoms with E-state index in [1.165, 1.54) is 27.2 Å². The van der Waals surface area contributed by atoms with Gasteiger partial charge in [0, 0.05) is 25.9 Å². The van der Waals surface area contributed by atoms with Gasteiger partial charge in [-0.2, -0.15) is 0 Å². The normalized spacial score (nSPS) is 11.9. The highest BCUT2D eigenvalue weighted by atomic mass is 16.6. The van der Waals surface area contributed by atoms with Gasteiger partial charge in [-0.25, -0.2) is 9.59 Å². The first kappa shape index (κ1) is 36.6. The number of carboxylic acids is 1. The van der Waals surface area contributed by atoms with Crippen LogP contribution in [-0.2, 0) is 47.5 Å². The molecule has 0 aromatic heterocycles. The lowest BCUT2D eigenvalue weighted by Gasteiger charge is -2.19. The Morgan fingerprint density at radius 3 is 1.59 bits per heavy atom. The molecule has 0 aliphatic heterocycles. The molecule has 3 rings (SSSR count). The number of likely N-dealkylation sites (N-methyl/N-ethyl adjacent to an activating group) is 1. The Bertz CT molecular complexity index is 1210. The molecule has 13 heteroatoms. The minimum Gasteiger partial charge on any atom is -0.476 e. The Labute approximate surface area is 268 Å². The Kier molecular flexibility index (Phi) is 16.7. The zero-order chi connectivity index (χ0) is 33.0. The smallest absolute Gasteiger partial charge is 0.409 e. The van der Waals surface area contributed by atoms with E-state index in [0.717, 1.165) is 0 Å². The summed E-state index contributed by atoms with van der Waals surface area (Å²) in [5.74, 6) is -3.23. The molecule has 1 amide bonds. The minimum atomic E-state index is -1.57. The average Bonchev–Trinajstić information content (AvgIpc) is 3.38. The fourth-order valence-corrected chi connectivity index (χ4v) is 4.59. The van der Waals surface area contributed by atoms with Crippen LogP contribution < -0.4 is 0 Å². The highest BCUT2D eigenvalue weighted by Gasteiger charge is 2.29. The second-order valence-electron chi connectivity index (χ2n) is 10.2. The summed E-state index contributed by atoms with van der Waals surface area (Å²) >= 11 is 0. The van der Waals surface area contributed by atoms with Gasteiger partial charge >= 0.3 is 18.0 Å². The molecular formula is C33H43NO12. The van der Waals surface area contributed by atoms with Crippen LogP contribution in [-0.4, -0.2) is 127 Å². The fraction of sp³-hybridized carbons (Fsp3) is 0.515. The fourth-order valence-electron chi connectivity index (χ4n) is 4.59. The van der Waals surface area contributed by atoms with E-state index in [0.29, 0.717) is 66.0 Å². The van der Waals surface area contributed by atoms with E-state index in [4.69, 9.17) is 38.3 Å². The van der Waals surface area contributed by atoms with Gasteiger partial charge in [-0.15, -0.1) is 0 Å². The van der Waals surface area contributed by atoms with Gasteiger partial charge < -0.3 is 43.2 Å². The predicted octanol–water partition coefficient (Wildman–Crippen LogP) is 2.93. The number of nitrogens with zero attached hydrogens (tertiary/aromatic N) is 1. The van der Waals surface area contributed by atoms with Crippen molar-refractivity contribution in [2.24, 2.45) is 0 Å². The first-order chi connectivity index (χ1) is 22.4. The van der Waals surface area contributed by atoms with Crippen LogP contribution in [0.2, 0.25) is 0 Å². The molecule has 0 radical (unpaired) electrons. The van der Waals surface area contributed by atoms with Crippen LogP contribution in [0.4, 0.5) is 4.79 Å². The molecule has 2 aromatic carbocycles. The third-order valence-electron chi connectivity index (χ3n) is 6.99. The van der Waals surface area contributed by atoms with E-state index in [-0.39, 0.29) is 38.3 Å². The van der Waals surface area contributed by atoms with Crippen LogP contribution in [0.25, 0.3) is 11.1 Å². The van der Waals surface area contributed by atoms with Crippen LogP contribution in [0, 0.1) is 0 Å². The molecule has 1 aliphatic carbocycles. The van der Waals surface area contributed by atoms with E-state index >= 15 is 0 Å². The predicted molar refractivity (Wildman–Crippen MR) is 165 cm³/mol. The molecule has 0 fully saturated rings. The van der Waals surface area contributed by atoms with Crippen molar-refractivity contribution in [2.75, 3.05) is 92.9 Å². The largest absolute Gasteiger partial charge is 0.476 e. The van der Waals surface area contributed by atoms with Gasteiger partial charge in [0.1, 0.15) is 13.2 Å². The van der Waals surface area contributed by atoms with E-state index in [1.807, 2.05) is 24.3 Å². The molecule has 252 valence electrons. The Morgan fingerprint density at radius 1 is 0.630 bits per heavy atom. The molecule has 0 saturated carbocycles. The number of carboxylic acid groups (broad SMARTS) is 1. The number of carbonyl (C=O) groups excluding carboxylic acids is 3. The lowest BCUT2D eigenvalue weighted by Crippen LogP contribution is -2.32. The van der Waals surface area contributed by atoms with Gasteiger partial charge in [0.05, 0.1) is 72.5 Å². The summed E-state index contributed by atoms with van der Waals surface area (Å²) in [6.07, 6.45) is -1.06. The second-order valence-corrected chi connectivity index (χ2v) is 10.2. The van der Waals surface area contributed by atoms with Crippen molar-refractivity contribution >= 4 is 23.8 Å². The van der Waals surface area contributed by atoms with E-state index in [2.05, 4.69) is 24.3 Å². The molecule has 0 spiro atoms. The first-order valence-electron chi connectivity index (χ1n) is 15.2. The van der Waals surface area contributed by atoms with Gasteiger partial charge in [-0.1, -0.05) is 48.5 Å². The minimum absolute atomic E-state index is 0.00654. The molecule has 1 N–H and O–H groups in total. The summed E-state index contributed by atoms with van der Waals surface area (Å²) in [4.78, 5) is 46.7. The van der Waals surface area contributed by atoms with E-state index in [9.17, 15) is 19.2 Å². The molecular weight excluding hydrogens is 602 g/mol. The Hall–Kier alpha value is -3.88. The van der Waals surface area contributed by atoms with Crippen LogP contribution in [0.3, 0.4) is 0 Å². The molecule has 0 bridgehead atoms. The maximum atomic E-state index is 12.6. The zero-order valence-electron chi connectivity index (χ0n) is 26.2. The topological polar surface area (TPSA) is 156 Å². The summed E-state index contributed by atoms with van der Waals surface area (Å²) in [6, 6.07) is 16.5. The first-order valence-corrected chi connectivity index (χ1v) is 15.2. The lowest BCUT2D eigenvalue weighted by molar-refractivity contribution is -0.151. The zero-order valence-corrected chi connectivity index (χ0v) is 26.2. The molecule has 0 atom stereocenters. The number of hydrogen-bond acceptors (Lipinski definition) is 11. The number of hydrogen-bond donors (Lipinski definition) is 1. The van der Waals surface area contributed by atoms with Crippen molar-refractivity contribution in [3.05, 3.63) is 59.7 Å². The number of amides is 1. The van der Waals surface area contributed by atoms with Gasteiger partial charge in [-0.05, 0) is 22.3 Å². The number of ether oxygens (including phenoxy) is 7. The van der Waals surface area contributed by atoms with Crippen molar-refractivity contribution in [1.82, 2.24) is 4.90 Å². The SMILES string of the molecule is CN(CCOCCOCCOCCOCCOCCOC(=O)CCC(=O)C(=O)O)C(=O)OCC1c2ccccc2-c2ccccc21. The number of benzene rings is 2. The molecule has 0 saturated heterocycles. The number of Topliss-reactive ketones (excluding diaryl/α,β-unsaturated/α-hetero) is 1. The quantitative estimate of drug-likeness (QED) is 0.101. The number of rotatable bonds is 24. The van der Waals surface area contributed by atoms with Crippen molar-refractivity contribution in [2.45, 2.75) is 18.8 Å². The third kappa shape index (κ3) is 12.9. The highest BCUT2D eigenvalue weighted by molar-refractivity contribution is 6.32. The number of aliphatic carboxylic acids is 1. The van der Waals surface area contributed by atoms with Crippen LogP contribution in [0.15, 0.2) is 48.5 Å². The van der Waals surface area contributed by atoms with Crippen molar-refractivity contribution < 1.29 is 57.4 Å². The van der Waals surface area contributed by atoms with Gasteiger partial charge in [0.15, 0.2) is 0 Å². The van der Waals surface area contributed by atoms with Crippen LogP contribution in [0.5, 0.6) is 0 Å². The molecule has 0 heterocycles. The number of esters is 1. The lowest BCUT2D eigenvalue weighted by atomic mass is 9.98. The Balaban J connectivity index is 1.07. The van der Waals surface area contributed by atoms with Gasteiger partial charge in [-0.3, -0.25) is 9.59 Å². The highest BCUT2D eigenvalue weighted by Crippen LogP contribution is 2.44. The molecule has 1 aliphatic rings. The summed E-state index contributed by atoms with van der Waals surface area (Å²) in [5.41, 5.74) is 4.73. The van der Waals surface area contributed by atoms with Crippen molar-refractivity contribution in [1.29, 1.82) is 0 Å². The van der Waals surface area contributed by atoms with Gasteiger partial charge in [0.25, 0.3) is 0 Å². The summed E-state index contributed by atoms with van der Waals surface area (Å²) in [6.45, 7) is 4.26. The maximum Gasteiger partial charge on any atom is 0.409 e. The number of carbonyl (C=O) groups is 4. The number of fused-ring (bicyclic) bond motifs is 3. The van der Waals surface area contributed by atoms with Crippen molar-refractivity contribution in [3.8, 4) is 11.1 Å².